The predicted octanol–water partition coefficient (Wildman–Crippen LogP) is 0.721. The van der Waals surface area contributed by atoms with Crippen molar-refractivity contribution in [1.82, 2.24) is 10.2 Å². The molecule has 0 spiro atoms. The zero-order valence-corrected chi connectivity index (χ0v) is 11.0. The number of rotatable bonds is 7. The molecule has 2 N–H and O–H groups in total. The summed E-state index contributed by atoms with van der Waals surface area (Å²) in [6.45, 7) is 6.99. The Morgan fingerprint density at radius 3 is 2.47 bits per heavy atom. The van der Waals surface area contributed by atoms with Crippen molar-refractivity contribution >= 4 is 11.9 Å². The van der Waals surface area contributed by atoms with Crippen LogP contribution in [-0.2, 0) is 9.59 Å². The van der Waals surface area contributed by atoms with E-state index in [4.69, 9.17) is 5.11 Å². The lowest BCUT2D eigenvalue weighted by atomic mass is 10.2. The van der Waals surface area contributed by atoms with Crippen molar-refractivity contribution in [2.75, 3.05) is 26.7 Å². The normalized spacial score (nSPS) is 12.0. The maximum atomic E-state index is 11.4. The number of amides is 1. The van der Waals surface area contributed by atoms with Gasteiger partial charge in [0.2, 0.25) is 5.91 Å². The summed E-state index contributed by atoms with van der Waals surface area (Å²) in [5.41, 5.74) is 0.291. The largest absolute Gasteiger partial charge is 0.478 e. The van der Waals surface area contributed by atoms with Gasteiger partial charge in [-0.1, -0.05) is 19.9 Å². The fourth-order valence-electron chi connectivity index (χ4n) is 1.06. The summed E-state index contributed by atoms with van der Waals surface area (Å²) < 4.78 is 0. The molecule has 0 aliphatic carbocycles. The monoisotopic (exact) mass is 242 g/mol. The maximum Gasteiger partial charge on any atom is 0.330 e. The average molecular weight is 242 g/mol. The SMILES string of the molecule is C/C(=C/CN(C)CC(=O)NCC(C)C)C(=O)O. The second-order valence-corrected chi connectivity index (χ2v) is 4.59. The zero-order valence-electron chi connectivity index (χ0n) is 11.0. The first-order valence-electron chi connectivity index (χ1n) is 5.68. The van der Waals surface area contributed by atoms with E-state index in [-0.39, 0.29) is 12.5 Å². The highest BCUT2D eigenvalue weighted by atomic mass is 16.4. The average Bonchev–Trinajstić information content (AvgIpc) is 2.22. The molecular weight excluding hydrogens is 220 g/mol. The number of hydrogen-bond acceptors (Lipinski definition) is 3. The van der Waals surface area contributed by atoms with Gasteiger partial charge in [-0.05, 0) is 19.9 Å². The summed E-state index contributed by atoms with van der Waals surface area (Å²) >= 11 is 0. The van der Waals surface area contributed by atoms with Gasteiger partial charge in [0.15, 0.2) is 0 Å². The Labute approximate surface area is 102 Å². The van der Waals surface area contributed by atoms with E-state index < -0.39 is 5.97 Å². The van der Waals surface area contributed by atoms with Crippen LogP contribution in [0, 0.1) is 5.92 Å². The Hall–Kier alpha value is -1.36. The van der Waals surface area contributed by atoms with Gasteiger partial charge in [0.05, 0.1) is 6.54 Å². The fraction of sp³-hybridized carbons (Fsp3) is 0.667. The van der Waals surface area contributed by atoms with E-state index in [0.29, 0.717) is 24.6 Å². The third-order valence-corrected chi connectivity index (χ3v) is 2.17. The Bertz CT molecular complexity index is 298. The molecule has 0 unspecified atom stereocenters. The molecule has 5 nitrogen and oxygen atoms in total. The highest BCUT2D eigenvalue weighted by Gasteiger charge is 2.06. The molecular formula is C12H22N2O3. The Morgan fingerprint density at radius 2 is 2.00 bits per heavy atom. The van der Waals surface area contributed by atoms with E-state index in [0.717, 1.165) is 0 Å². The molecule has 1 amide bonds. The van der Waals surface area contributed by atoms with Gasteiger partial charge in [-0.3, -0.25) is 9.69 Å². The number of nitrogens with one attached hydrogen (secondary N) is 1. The van der Waals surface area contributed by atoms with Crippen LogP contribution in [-0.4, -0.2) is 48.6 Å². The molecule has 0 aliphatic rings. The van der Waals surface area contributed by atoms with Crippen molar-refractivity contribution in [3.05, 3.63) is 11.6 Å². The molecule has 0 aromatic carbocycles. The van der Waals surface area contributed by atoms with Gasteiger partial charge in [-0.25, -0.2) is 4.79 Å². The minimum Gasteiger partial charge on any atom is -0.478 e. The summed E-state index contributed by atoms with van der Waals surface area (Å²) in [5, 5.41) is 11.5. The molecule has 0 aromatic heterocycles. The van der Waals surface area contributed by atoms with Crippen LogP contribution in [0.3, 0.4) is 0 Å². The molecule has 0 aromatic rings. The Morgan fingerprint density at radius 1 is 1.41 bits per heavy atom. The number of carboxylic acids is 1. The first-order valence-corrected chi connectivity index (χ1v) is 5.68. The van der Waals surface area contributed by atoms with Crippen molar-refractivity contribution < 1.29 is 14.7 Å². The zero-order chi connectivity index (χ0) is 13.4. The highest BCUT2D eigenvalue weighted by molar-refractivity contribution is 5.85. The Balaban J connectivity index is 3.93. The first kappa shape index (κ1) is 15.6. The van der Waals surface area contributed by atoms with E-state index in [1.54, 1.807) is 18.0 Å². The predicted molar refractivity (Wildman–Crippen MR) is 66.7 cm³/mol. The third-order valence-electron chi connectivity index (χ3n) is 2.17. The lowest BCUT2D eigenvalue weighted by Gasteiger charge is -2.15. The number of carbonyl (C=O) groups is 2. The molecule has 0 bridgehead atoms. The van der Waals surface area contributed by atoms with Crippen LogP contribution in [0.25, 0.3) is 0 Å². The summed E-state index contributed by atoms with van der Waals surface area (Å²) in [5.74, 6) is -0.538. The number of nitrogens with zero attached hydrogens (tertiary/aromatic N) is 1. The van der Waals surface area contributed by atoms with Crippen molar-refractivity contribution in [2.45, 2.75) is 20.8 Å². The van der Waals surface area contributed by atoms with E-state index in [2.05, 4.69) is 5.32 Å². The molecule has 0 saturated heterocycles. The molecule has 17 heavy (non-hydrogen) atoms. The molecule has 0 heterocycles. The first-order chi connectivity index (χ1) is 7.82. The van der Waals surface area contributed by atoms with Crippen LogP contribution < -0.4 is 5.32 Å². The van der Waals surface area contributed by atoms with Crippen LogP contribution >= 0.6 is 0 Å². The molecule has 0 rings (SSSR count). The lowest BCUT2D eigenvalue weighted by molar-refractivity contribution is -0.132. The number of carbonyl (C=O) groups excluding carboxylic acids is 1. The third kappa shape index (κ3) is 8.45. The molecule has 0 saturated carbocycles. The van der Waals surface area contributed by atoms with Gasteiger partial charge >= 0.3 is 5.97 Å². The van der Waals surface area contributed by atoms with Crippen LogP contribution in [0.4, 0.5) is 0 Å². The van der Waals surface area contributed by atoms with Crippen molar-refractivity contribution in [3.8, 4) is 0 Å². The van der Waals surface area contributed by atoms with E-state index in [1.165, 1.54) is 6.92 Å². The molecule has 98 valence electrons. The van der Waals surface area contributed by atoms with Crippen LogP contribution in [0.1, 0.15) is 20.8 Å². The number of likely N-dealkylation sites (N-methyl/N-ethyl adjacent to an activating group) is 1. The van der Waals surface area contributed by atoms with E-state index >= 15 is 0 Å². The van der Waals surface area contributed by atoms with Crippen molar-refractivity contribution in [1.29, 1.82) is 0 Å². The smallest absolute Gasteiger partial charge is 0.330 e. The molecule has 0 atom stereocenters. The van der Waals surface area contributed by atoms with Gasteiger partial charge < -0.3 is 10.4 Å². The molecule has 0 fully saturated rings. The van der Waals surface area contributed by atoms with Crippen molar-refractivity contribution in [3.63, 3.8) is 0 Å². The second-order valence-electron chi connectivity index (χ2n) is 4.59. The summed E-state index contributed by atoms with van der Waals surface area (Å²) in [6.07, 6.45) is 1.60. The lowest BCUT2D eigenvalue weighted by Crippen LogP contribution is -2.36. The minimum atomic E-state index is -0.928. The maximum absolute atomic E-state index is 11.4. The molecule has 0 aliphatic heterocycles. The van der Waals surface area contributed by atoms with Gasteiger partial charge in [0.1, 0.15) is 0 Å². The number of carboxylic acid groups (broad SMARTS) is 1. The Kier molecular flexibility index (Phi) is 7.21. The quantitative estimate of drug-likeness (QED) is 0.645. The summed E-state index contributed by atoms with van der Waals surface area (Å²) in [4.78, 5) is 23.8. The second kappa shape index (κ2) is 7.84. The van der Waals surface area contributed by atoms with Crippen LogP contribution in [0.15, 0.2) is 11.6 Å². The van der Waals surface area contributed by atoms with E-state index in [9.17, 15) is 9.59 Å². The van der Waals surface area contributed by atoms with Gasteiger partial charge in [0.25, 0.3) is 0 Å². The van der Waals surface area contributed by atoms with Gasteiger partial charge in [-0.15, -0.1) is 0 Å². The fourth-order valence-corrected chi connectivity index (χ4v) is 1.06. The molecule has 0 radical (unpaired) electrons. The van der Waals surface area contributed by atoms with Crippen LogP contribution in [0.5, 0.6) is 0 Å². The topological polar surface area (TPSA) is 69.6 Å². The molecule has 5 heteroatoms. The number of hydrogen-bond donors (Lipinski definition) is 2. The summed E-state index contributed by atoms with van der Waals surface area (Å²) in [7, 11) is 1.78. The van der Waals surface area contributed by atoms with Gasteiger partial charge in [-0.2, -0.15) is 0 Å². The van der Waals surface area contributed by atoms with Crippen molar-refractivity contribution in [2.24, 2.45) is 5.92 Å². The van der Waals surface area contributed by atoms with Gasteiger partial charge in [0, 0.05) is 18.7 Å². The van der Waals surface area contributed by atoms with E-state index in [1.807, 2.05) is 13.8 Å². The minimum absolute atomic E-state index is 0.0393. The number of aliphatic carboxylic acids is 1. The van der Waals surface area contributed by atoms with Crippen LogP contribution in [0.2, 0.25) is 0 Å². The summed E-state index contributed by atoms with van der Waals surface area (Å²) in [6, 6.07) is 0. The highest BCUT2D eigenvalue weighted by Crippen LogP contribution is 1.94. The standard InChI is InChI=1S/C12H22N2O3/c1-9(2)7-13-11(15)8-14(4)6-5-10(3)12(16)17/h5,9H,6-8H2,1-4H3,(H,13,15)(H,16,17)/b10-5-.